The minimum Gasteiger partial charge on any atom is -0.393 e. The van der Waals surface area contributed by atoms with Gasteiger partial charge in [0, 0.05) is 20.1 Å². The van der Waals surface area contributed by atoms with E-state index in [1.807, 2.05) is 0 Å². The molecule has 90 valence electrons. The van der Waals surface area contributed by atoms with Crippen LogP contribution in [0.5, 0.6) is 0 Å². The molecular weight excluding hydrogens is 200 g/mol. The van der Waals surface area contributed by atoms with Crippen LogP contribution in [-0.4, -0.2) is 51.7 Å². The van der Waals surface area contributed by atoms with Gasteiger partial charge in [0.2, 0.25) is 0 Å². The number of aliphatic hydroxyl groups excluding tert-OH is 1. The van der Waals surface area contributed by atoms with E-state index in [0.29, 0.717) is 13.0 Å². The summed E-state index contributed by atoms with van der Waals surface area (Å²) in [6, 6.07) is 0. The molecule has 1 aliphatic rings. The molecule has 1 fully saturated rings. The van der Waals surface area contributed by atoms with Gasteiger partial charge in [-0.2, -0.15) is 0 Å². The van der Waals surface area contributed by atoms with Crippen LogP contribution in [0, 0.1) is 5.92 Å². The van der Waals surface area contributed by atoms with Crippen LogP contribution in [0.3, 0.4) is 0 Å². The van der Waals surface area contributed by atoms with E-state index < -0.39 is 0 Å². The summed E-state index contributed by atoms with van der Waals surface area (Å²) in [7, 11) is 3.17. The Labute approximate surface area is 90.3 Å². The second-order valence-electron chi connectivity index (χ2n) is 3.77. The van der Waals surface area contributed by atoms with Gasteiger partial charge in [-0.3, -0.25) is 0 Å². The monoisotopic (exact) mass is 220 g/mol. The minimum absolute atomic E-state index is 0.0248. The molecule has 0 aromatic carbocycles. The Morgan fingerprint density at radius 3 is 2.53 bits per heavy atom. The van der Waals surface area contributed by atoms with Crippen LogP contribution in [0.25, 0.3) is 0 Å². The van der Waals surface area contributed by atoms with Gasteiger partial charge >= 0.3 is 0 Å². The van der Waals surface area contributed by atoms with Crippen LogP contribution in [-0.2, 0) is 18.9 Å². The summed E-state index contributed by atoms with van der Waals surface area (Å²) in [5.41, 5.74) is 0. The molecular formula is C10H20O5. The SMILES string of the molecule is COCOC[C@H]1C[C@H](O)C[C@@H]1OCOC. The predicted octanol–water partition coefficient (Wildman–Crippen LogP) is 0.367. The lowest BCUT2D eigenvalue weighted by atomic mass is 10.1. The van der Waals surface area contributed by atoms with Crippen molar-refractivity contribution < 1.29 is 24.1 Å². The lowest BCUT2D eigenvalue weighted by molar-refractivity contribution is -0.106. The summed E-state index contributed by atoms with van der Waals surface area (Å²) in [5.74, 6) is 0.227. The fourth-order valence-corrected chi connectivity index (χ4v) is 1.88. The van der Waals surface area contributed by atoms with Crippen LogP contribution >= 0.6 is 0 Å². The van der Waals surface area contributed by atoms with Gasteiger partial charge in [-0.15, -0.1) is 0 Å². The molecule has 0 aromatic heterocycles. The largest absolute Gasteiger partial charge is 0.393 e. The lowest BCUT2D eigenvalue weighted by Crippen LogP contribution is -2.23. The van der Waals surface area contributed by atoms with E-state index in [9.17, 15) is 5.11 Å². The molecule has 0 spiro atoms. The molecule has 1 N–H and O–H groups in total. The standard InChI is InChI=1S/C10H20O5/c1-12-6-14-5-8-3-9(11)4-10(8)15-7-13-2/h8-11H,3-7H2,1-2H3/t8-,9+,10+/m1/s1. The second-order valence-corrected chi connectivity index (χ2v) is 3.77. The van der Waals surface area contributed by atoms with Crippen LogP contribution in [0.2, 0.25) is 0 Å². The van der Waals surface area contributed by atoms with E-state index in [1.165, 1.54) is 0 Å². The number of methoxy groups -OCH3 is 2. The van der Waals surface area contributed by atoms with Crippen molar-refractivity contribution in [2.75, 3.05) is 34.4 Å². The maximum atomic E-state index is 9.52. The molecule has 1 rings (SSSR count). The Morgan fingerprint density at radius 2 is 1.87 bits per heavy atom. The maximum absolute atomic E-state index is 9.52. The summed E-state index contributed by atoms with van der Waals surface area (Å²) in [6.45, 7) is 1.10. The molecule has 5 heteroatoms. The molecule has 0 radical (unpaired) electrons. The highest BCUT2D eigenvalue weighted by molar-refractivity contribution is 4.83. The molecule has 0 aromatic rings. The van der Waals surface area contributed by atoms with Gasteiger partial charge in [-0.25, -0.2) is 0 Å². The van der Waals surface area contributed by atoms with E-state index in [-0.39, 0.29) is 31.7 Å². The summed E-state index contributed by atoms with van der Waals surface area (Å²) in [5, 5.41) is 9.52. The Kier molecular flexibility index (Phi) is 6.12. The first-order valence-electron chi connectivity index (χ1n) is 5.13. The molecule has 0 heterocycles. The van der Waals surface area contributed by atoms with Crippen molar-refractivity contribution in [3.8, 4) is 0 Å². The molecule has 0 unspecified atom stereocenters. The van der Waals surface area contributed by atoms with Crippen molar-refractivity contribution in [2.24, 2.45) is 5.92 Å². The summed E-state index contributed by atoms with van der Waals surface area (Å²) >= 11 is 0. The summed E-state index contributed by atoms with van der Waals surface area (Å²) < 4.78 is 20.4. The number of aliphatic hydroxyl groups is 1. The molecule has 0 amide bonds. The quantitative estimate of drug-likeness (QED) is 0.496. The first kappa shape index (κ1) is 12.9. The fourth-order valence-electron chi connectivity index (χ4n) is 1.88. The Morgan fingerprint density at radius 1 is 1.13 bits per heavy atom. The normalized spacial score (nSPS) is 31.0. The van der Waals surface area contributed by atoms with Crippen LogP contribution < -0.4 is 0 Å². The molecule has 15 heavy (non-hydrogen) atoms. The Hall–Kier alpha value is -0.200. The van der Waals surface area contributed by atoms with Crippen LogP contribution in [0.15, 0.2) is 0 Å². The Bertz CT molecular complexity index is 164. The van der Waals surface area contributed by atoms with Gasteiger partial charge in [0.15, 0.2) is 0 Å². The molecule has 5 nitrogen and oxygen atoms in total. The second kappa shape index (κ2) is 7.14. The van der Waals surface area contributed by atoms with Gasteiger partial charge in [0.1, 0.15) is 13.6 Å². The topological polar surface area (TPSA) is 57.2 Å². The highest BCUT2D eigenvalue weighted by atomic mass is 16.7. The van der Waals surface area contributed by atoms with Crippen molar-refractivity contribution in [2.45, 2.75) is 25.0 Å². The van der Waals surface area contributed by atoms with Gasteiger partial charge in [0.05, 0.1) is 18.8 Å². The van der Waals surface area contributed by atoms with E-state index in [1.54, 1.807) is 14.2 Å². The minimum atomic E-state index is -0.289. The molecule has 0 aliphatic heterocycles. The number of rotatable bonds is 7. The van der Waals surface area contributed by atoms with Gasteiger partial charge in [-0.05, 0) is 12.8 Å². The number of hydrogen-bond donors (Lipinski definition) is 1. The molecule has 1 aliphatic carbocycles. The van der Waals surface area contributed by atoms with Gasteiger partial charge in [-0.1, -0.05) is 0 Å². The number of hydrogen-bond acceptors (Lipinski definition) is 5. The Balaban J connectivity index is 2.25. The third-order valence-corrected chi connectivity index (χ3v) is 2.54. The van der Waals surface area contributed by atoms with Crippen molar-refractivity contribution in [3.63, 3.8) is 0 Å². The third-order valence-electron chi connectivity index (χ3n) is 2.54. The van der Waals surface area contributed by atoms with Crippen LogP contribution in [0.1, 0.15) is 12.8 Å². The van der Waals surface area contributed by atoms with Gasteiger partial charge < -0.3 is 24.1 Å². The van der Waals surface area contributed by atoms with Crippen molar-refractivity contribution in [3.05, 3.63) is 0 Å². The first-order chi connectivity index (χ1) is 7.27. The zero-order valence-electron chi connectivity index (χ0n) is 9.35. The zero-order valence-corrected chi connectivity index (χ0v) is 9.35. The third kappa shape index (κ3) is 4.44. The average molecular weight is 220 g/mol. The van der Waals surface area contributed by atoms with E-state index in [2.05, 4.69) is 0 Å². The maximum Gasteiger partial charge on any atom is 0.146 e. The predicted molar refractivity (Wildman–Crippen MR) is 53.3 cm³/mol. The number of ether oxygens (including phenoxy) is 4. The zero-order chi connectivity index (χ0) is 11.1. The van der Waals surface area contributed by atoms with Gasteiger partial charge in [0.25, 0.3) is 0 Å². The fraction of sp³-hybridized carbons (Fsp3) is 1.00. The first-order valence-corrected chi connectivity index (χ1v) is 5.13. The van der Waals surface area contributed by atoms with Crippen LogP contribution in [0.4, 0.5) is 0 Å². The summed E-state index contributed by atoms with van der Waals surface area (Å²) in [4.78, 5) is 0. The lowest BCUT2D eigenvalue weighted by Gasteiger charge is -2.19. The molecule has 1 saturated carbocycles. The van der Waals surface area contributed by atoms with Crippen molar-refractivity contribution >= 4 is 0 Å². The summed E-state index contributed by atoms with van der Waals surface area (Å²) in [6.07, 6.45) is 1.11. The molecule has 0 saturated heterocycles. The highest BCUT2D eigenvalue weighted by Gasteiger charge is 2.34. The van der Waals surface area contributed by atoms with E-state index >= 15 is 0 Å². The van der Waals surface area contributed by atoms with Crippen molar-refractivity contribution in [1.29, 1.82) is 0 Å². The van der Waals surface area contributed by atoms with Crippen molar-refractivity contribution in [1.82, 2.24) is 0 Å². The molecule has 3 atom stereocenters. The average Bonchev–Trinajstić information content (AvgIpc) is 2.56. The molecule has 0 bridgehead atoms. The smallest absolute Gasteiger partial charge is 0.146 e. The van der Waals surface area contributed by atoms with E-state index in [0.717, 1.165) is 6.42 Å². The van der Waals surface area contributed by atoms with E-state index in [4.69, 9.17) is 18.9 Å². The highest BCUT2D eigenvalue weighted by Crippen LogP contribution is 2.28.